The van der Waals surface area contributed by atoms with Crippen LogP contribution in [0.4, 0.5) is 10.5 Å². The summed E-state index contributed by atoms with van der Waals surface area (Å²) in [5.41, 5.74) is 0.0980. The second-order valence-corrected chi connectivity index (χ2v) is 5.70. The fourth-order valence-corrected chi connectivity index (χ4v) is 1.52. The third-order valence-corrected chi connectivity index (χ3v) is 2.69. The highest BCUT2D eigenvalue weighted by atomic mass is 16.6. The molecule has 0 aliphatic heterocycles. The van der Waals surface area contributed by atoms with Crippen LogP contribution in [0.3, 0.4) is 0 Å². The fourth-order valence-electron chi connectivity index (χ4n) is 1.52. The average molecular weight is 278 g/mol. The first-order chi connectivity index (χ1) is 9.40. The van der Waals surface area contributed by atoms with Crippen molar-refractivity contribution in [3.63, 3.8) is 0 Å². The number of hydrogen-bond donors (Lipinski definition) is 1. The normalized spacial score (nSPS) is 14.3. The van der Waals surface area contributed by atoms with Crippen molar-refractivity contribution in [1.29, 1.82) is 0 Å². The molecule has 1 aromatic carbocycles. The maximum absolute atomic E-state index is 11.1. The van der Waals surface area contributed by atoms with Crippen molar-refractivity contribution in [3.05, 3.63) is 35.2 Å². The summed E-state index contributed by atoms with van der Waals surface area (Å²) in [5.74, 6) is 0. The lowest BCUT2D eigenvalue weighted by molar-refractivity contribution is 0.0480. The molecular formula is C15H22N2O3. The van der Waals surface area contributed by atoms with Crippen LogP contribution in [0.25, 0.3) is 0 Å². The summed E-state index contributed by atoms with van der Waals surface area (Å²) < 4.78 is 5.09. The molecule has 1 N–H and O–H groups in total. The van der Waals surface area contributed by atoms with Crippen molar-refractivity contribution in [2.45, 2.75) is 51.7 Å². The van der Waals surface area contributed by atoms with Crippen LogP contribution >= 0.6 is 0 Å². The van der Waals surface area contributed by atoms with E-state index in [4.69, 9.17) is 4.74 Å². The number of carbonyl (C=O) groups is 1. The van der Waals surface area contributed by atoms with E-state index in [-0.39, 0.29) is 11.7 Å². The molecule has 1 amide bonds. The minimum Gasteiger partial charge on any atom is -0.444 e. The zero-order valence-corrected chi connectivity index (χ0v) is 12.3. The van der Waals surface area contributed by atoms with Crippen LogP contribution < -0.4 is 5.32 Å². The molecule has 0 aromatic heterocycles. The Morgan fingerprint density at radius 2 is 1.85 bits per heavy atom. The highest BCUT2D eigenvalue weighted by molar-refractivity contribution is 5.68. The molecule has 0 atom stereocenters. The molecule has 1 aliphatic rings. The summed E-state index contributed by atoms with van der Waals surface area (Å²) >= 11 is 0. The number of benzene rings is 1. The van der Waals surface area contributed by atoms with E-state index in [0.29, 0.717) is 11.7 Å². The third kappa shape index (κ3) is 6.87. The summed E-state index contributed by atoms with van der Waals surface area (Å²) in [6.45, 7) is 5.61. The molecule has 110 valence electrons. The summed E-state index contributed by atoms with van der Waals surface area (Å²) in [7, 11) is 0. The van der Waals surface area contributed by atoms with Crippen LogP contribution in [-0.2, 0) is 4.74 Å². The van der Waals surface area contributed by atoms with Crippen LogP contribution in [0.1, 0.15) is 40.0 Å². The molecule has 20 heavy (non-hydrogen) atoms. The lowest BCUT2D eigenvalue weighted by Crippen LogP contribution is -2.42. The summed E-state index contributed by atoms with van der Waals surface area (Å²) in [6.07, 6.45) is 3.13. The van der Waals surface area contributed by atoms with E-state index in [1.165, 1.54) is 6.42 Å². The number of alkyl carbamates (subject to hydrolysis) is 1. The maximum Gasteiger partial charge on any atom is 0.407 e. The van der Waals surface area contributed by atoms with Crippen LogP contribution in [0.5, 0.6) is 0 Å². The first-order valence-corrected chi connectivity index (χ1v) is 6.78. The van der Waals surface area contributed by atoms with Crippen molar-refractivity contribution in [1.82, 2.24) is 5.32 Å². The summed E-state index contributed by atoms with van der Waals surface area (Å²) in [6, 6.07) is 9.07. The van der Waals surface area contributed by atoms with Crippen molar-refractivity contribution < 1.29 is 9.53 Å². The third-order valence-electron chi connectivity index (χ3n) is 2.69. The molecule has 0 heterocycles. The molecule has 1 fully saturated rings. The minimum atomic E-state index is -0.381. The first kappa shape index (κ1) is 16.1. The predicted octanol–water partition coefficient (Wildman–Crippen LogP) is 4.15. The molecule has 2 rings (SSSR count). The molecule has 1 aromatic rings. The number of carbonyl (C=O) groups excluding carboxylic acids is 1. The Morgan fingerprint density at radius 1 is 1.25 bits per heavy atom. The molecule has 0 unspecified atom stereocenters. The predicted molar refractivity (Wildman–Crippen MR) is 78.9 cm³/mol. The Bertz CT molecular complexity index is 422. The zero-order valence-electron chi connectivity index (χ0n) is 12.3. The fraction of sp³-hybridized carbons (Fsp3) is 0.533. The van der Waals surface area contributed by atoms with Gasteiger partial charge in [-0.05, 0) is 57.3 Å². The number of nitrogens with one attached hydrogen (secondary N) is 1. The molecule has 0 radical (unpaired) electrons. The van der Waals surface area contributed by atoms with Gasteiger partial charge in [0.15, 0.2) is 0 Å². The van der Waals surface area contributed by atoms with Crippen LogP contribution in [0.15, 0.2) is 35.5 Å². The van der Waals surface area contributed by atoms with Gasteiger partial charge in [0, 0.05) is 6.04 Å². The molecule has 5 heteroatoms. The van der Waals surface area contributed by atoms with E-state index < -0.39 is 0 Å². The van der Waals surface area contributed by atoms with Gasteiger partial charge >= 0.3 is 6.09 Å². The van der Waals surface area contributed by atoms with Gasteiger partial charge in [0.2, 0.25) is 0 Å². The molecule has 0 saturated heterocycles. The van der Waals surface area contributed by atoms with Crippen LogP contribution in [0, 0.1) is 4.91 Å². The Labute approximate surface area is 119 Å². The number of amides is 1. The second kappa shape index (κ2) is 7.62. The van der Waals surface area contributed by atoms with Gasteiger partial charge in [-0.15, -0.1) is 4.91 Å². The van der Waals surface area contributed by atoms with Crippen molar-refractivity contribution in [2.24, 2.45) is 5.18 Å². The molecule has 5 nitrogen and oxygen atoms in total. The van der Waals surface area contributed by atoms with Crippen LogP contribution in [-0.4, -0.2) is 17.7 Å². The lowest BCUT2D eigenvalue weighted by Gasteiger charge is -2.28. The number of hydrogen-bond acceptors (Lipinski definition) is 4. The number of nitrogens with zero attached hydrogens (tertiary/aromatic N) is 1. The highest BCUT2D eigenvalue weighted by Gasteiger charge is 2.22. The Morgan fingerprint density at radius 3 is 2.20 bits per heavy atom. The van der Waals surface area contributed by atoms with Gasteiger partial charge in [0.05, 0.1) is 0 Å². The van der Waals surface area contributed by atoms with Gasteiger partial charge < -0.3 is 10.1 Å². The van der Waals surface area contributed by atoms with E-state index in [1.807, 2.05) is 26.8 Å². The number of nitroso groups, excluding NO2 is 1. The van der Waals surface area contributed by atoms with E-state index in [2.05, 4.69) is 10.5 Å². The van der Waals surface area contributed by atoms with Gasteiger partial charge in [-0.3, -0.25) is 0 Å². The molecular weight excluding hydrogens is 256 g/mol. The SMILES string of the molecule is CC(C)(C)OC(=O)NC1CCC1.O=Nc1ccccc1. The smallest absolute Gasteiger partial charge is 0.407 e. The average Bonchev–Trinajstić information content (AvgIpc) is 2.34. The van der Waals surface area contributed by atoms with E-state index in [0.717, 1.165) is 12.8 Å². The quantitative estimate of drug-likeness (QED) is 0.826. The number of rotatable bonds is 2. The lowest BCUT2D eigenvalue weighted by atomic mass is 9.93. The van der Waals surface area contributed by atoms with E-state index in [1.54, 1.807) is 24.3 Å². The molecule has 0 spiro atoms. The van der Waals surface area contributed by atoms with Crippen LogP contribution in [0.2, 0.25) is 0 Å². The van der Waals surface area contributed by atoms with Gasteiger partial charge in [-0.1, -0.05) is 18.2 Å². The Kier molecular flexibility index (Phi) is 6.15. The molecule has 1 aliphatic carbocycles. The largest absolute Gasteiger partial charge is 0.444 e. The monoisotopic (exact) mass is 278 g/mol. The highest BCUT2D eigenvalue weighted by Crippen LogP contribution is 2.18. The molecule has 0 bridgehead atoms. The van der Waals surface area contributed by atoms with Crippen molar-refractivity contribution in [3.8, 4) is 0 Å². The van der Waals surface area contributed by atoms with E-state index in [9.17, 15) is 9.70 Å². The van der Waals surface area contributed by atoms with Gasteiger partial charge in [-0.2, -0.15) is 0 Å². The maximum atomic E-state index is 11.1. The Hall–Kier alpha value is -1.91. The van der Waals surface area contributed by atoms with Crippen molar-refractivity contribution >= 4 is 11.8 Å². The van der Waals surface area contributed by atoms with E-state index >= 15 is 0 Å². The zero-order chi connectivity index (χ0) is 15.0. The standard InChI is InChI=1S/C9H17NO2.C6H5NO/c1-9(2,3)12-8(11)10-7-5-4-6-7;8-7-6-4-2-1-3-5-6/h7H,4-6H2,1-3H3,(H,10,11);1-5H. The topological polar surface area (TPSA) is 67.8 Å². The van der Waals surface area contributed by atoms with Gasteiger partial charge in [0.1, 0.15) is 11.3 Å². The Balaban J connectivity index is 0.000000217. The summed E-state index contributed by atoms with van der Waals surface area (Å²) in [4.78, 5) is 20.9. The van der Waals surface area contributed by atoms with Crippen molar-refractivity contribution in [2.75, 3.05) is 0 Å². The second-order valence-electron chi connectivity index (χ2n) is 5.70. The number of ether oxygens (including phenoxy) is 1. The van der Waals surface area contributed by atoms with Gasteiger partial charge in [0.25, 0.3) is 0 Å². The summed E-state index contributed by atoms with van der Waals surface area (Å²) in [5, 5.41) is 5.53. The minimum absolute atomic E-state index is 0.285. The first-order valence-electron chi connectivity index (χ1n) is 6.78. The molecule has 1 saturated carbocycles. The van der Waals surface area contributed by atoms with Gasteiger partial charge in [-0.25, -0.2) is 4.79 Å².